The third-order valence-corrected chi connectivity index (χ3v) is 7.74. The standard InChI is InChI=1S/C26H24O8/c27-19(28)23-11-24(20(29)30)13-25(12-23,21(31)33-17-7-3-1-4-8-17)16-26(14-23,15-24)22(32)34-18-9-5-2-6-10-18/h1-10H,11-16H2,(H,27,28)(H,29,30). The predicted octanol–water partition coefficient (Wildman–Crippen LogP) is 3.69. The third-order valence-electron chi connectivity index (χ3n) is 7.74. The van der Waals surface area contributed by atoms with Crippen LogP contribution in [-0.2, 0) is 19.2 Å². The molecule has 0 radical (unpaired) electrons. The number of hydrogen-bond acceptors (Lipinski definition) is 6. The maximum Gasteiger partial charge on any atom is 0.317 e. The molecule has 34 heavy (non-hydrogen) atoms. The molecular formula is C26H24O8. The molecule has 0 spiro atoms. The molecule has 2 aromatic rings. The average Bonchev–Trinajstić information content (AvgIpc) is 2.79. The molecule has 2 N–H and O–H groups in total. The Kier molecular flexibility index (Phi) is 4.83. The number of rotatable bonds is 6. The Balaban J connectivity index is 1.59. The van der Waals surface area contributed by atoms with Gasteiger partial charge >= 0.3 is 23.9 Å². The van der Waals surface area contributed by atoms with E-state index in [1.807, 2.05) is 0 Å². The molecule has 4 bridgehead atoms. The van der Waals surface area contributed by atoms with Crippen LogP contribution < -0.4 is 9.47 Å². The topological polar surface area (TPSA) is 127 Å². The van der Waals surface area contributed by atoms with Gasteiger partial charge in [-0.3, -0.25) is 19.2 Å². The van der Waals surface area contributed by atoms with Crippen molar-refractivity contribution in [1.29, 1.82) is 0 Å². The highest BCUT2D eigenvalue weighted by Crippen LogP contribution is 2.74. The Bertz CT molecular complexity index is 1070. The summed E-state index contributed by atoms with van der Waals surface area (Å²) in [6.45, 7) is 0. The fourth-order valence-electron chi connectivity index (χ4n) is 6.93. The summed E-state index contributed by atoms with van der Waals surface area (Å²) in [6, 6.07) is 16.7. The van der Waals surface area contributed by atoms with Crippen LogP contribution in [0.4, 0.5) is 0 Å². The molecule has 0 atom stereocenters. The van der Waals surface area contributed by atoms with Gasteiger partial charge in [0, 0.05) is 0 Å². The van der Waals surface area contributed by atoms with E-state index >= 15 is 0 Å². The van der Waals surface area contributed by atoms with Crippen LogP contribution >= 0.6 is 0 Å². The van der Waals surface area contributed by atoms with Crippen molar-refractivity contribution < 1.29 is 38.9 Å². The number of carbonyl (C=O) groups is 4. The second-order valence-electron chi connectivity index (χ2n) is 10.2. The second-order valence-corrected chi connectivity index (χ2v) is 10.2. The summed E-state index contributed by atoms with van der Waals surface area (Å²) in [5.74, 6) is -3.26. The summed E-state index contributed by atoms with van der Waals surface area (Å²) in [5.41, 5.74) is -5.95. The van der Waals surface area contributed by atoms with Crippen LogP contribution in [0, 0.1) is 21.7 Å². The zero-order valence-corrected chi connectivity index (χ0v) is 18.4. The lowest BCUT2D eigenvalue weighted by Crippen LogP contribution is -2.69. The maximum atomic E-state index is 13.6. The van der Waals surface area contributed by atoms with E-state index in [4.69, 9.17) is 9.47 Å². The van der Waals surface area contributed by atoms with Crippen LogP contribution in [0.2, 0.25) is 0 Å². The van der Waals surface area contributed by atoms with Crippen LogP contribution in [-0.4, -0.2) is 34.1 Å². The average molecular weight is 464 g/mol. The van der Waals surface area contributed by atoms with E-state index in [1.165, 1.54) is 0 Å². The minimum atomic E-state index is -1.54. The number of ether oxygens (including phenoxy) is 2. The Morgan fingerprint density at radius 3 is 1.15 bits per heavy atom. The molecule has 0 saturated heterocycles. The van der Waals surface area contributed by atoms with Gasteiger partial charge in [-0.15, -0.1) is 0 Å². The minimum Gasteiger partial charge on any atom is -0.481 e. The van der Waals surface area contributed by atoms with Crippen LogP contribution in [0.15, 0.2) is 60.7 Å². The number of aliphatic carboxylic acids is 2. The van der Waals surface area contributed by atoms with Crippen molar-refractivity contribution in [3.8, 4) is 11.5 Å². The van der Waals surface area contributed by atoms with E-state index in [9.17, 15) is 29.4 Å². The molecular weight excluding hydrogens is 440 g/mol. The first kappa shape index (κ1) is 22.1. The highest BCUT2D eigenvalue weighted by molar-refractivity contribution is 5.92. The number of hydrogen-bond donors (Lipinski definition) is 2. The number of carboxylic acid groups (broad SMARTS) is 2. The van der Waals surface area contributed by atoms with Crippen LogP contribution in [0.3, 0.4) is 0 Å². The molecule has 2 aromatic carbocycles. The molecule has 8 heteroatoms. The first-order chi connectivity index (χ1) is 16.1. The van der Waals surface area contributed by atoms with Gasteiger partial charge in [-0.2, -0.15) is 0 Å². The largest absolute Gasteiger partial charge is 0.481 e. The summed E-state index contributed by atoms with van der Waals surface area (Å²) in [5, 5.41) is 20.5. The van der Waals surface area contributed by atoms with Gasteiger partial charge in [-0.1, -0.05) is 36.4 Å². The molecule has 0 aromatic heterocycles. The van der Waals surface area contributed by atoms with Gasteiger partial charge in [-0.05, 0) is 62.8 Å². The molecule has 4 aliphatic rings. The van der Waals surface area contributed by atoms with E-state index < -0.39 is 45.5 Å². The van der Waals surface area contributed by atoms with Gasteiger partial charge < -0.3 is 19.7 Å². The molecule has 8 nitrogen and oxygen atoms in total. The quantitative estimate of drug-likeness (QED) is 0.489. The van der Waals surface area contributed by atoms with Gasteiger partial charge in [0.2, 0.25) is 0 Å². The molecule has 0 heterocycles. The van der Waals surface area contributed by atoms with E-state index in [1.54, 1.807) is 60.7 Å². The SMILES string of the molecule is O=C(O)C12CC3(C(=O)O)CC(C(=O)Oc4ccccc4)(C1)CC(C(=O)Oc1ccccc1)(C2)C3. The van der Waals surface area contributed by atoms with E-state index in [0.717, 1.165) is 0 Å². The van der Waals surface area contributed by atoms with Crippen molar-refractivity contribution >= 4 is 23.9 Å². The summed E-state index contributed by atoms with van der Waals surface area (Å²) >= 11 is 0. The fraction of sp³-hybridized carbons (Fsp3) is 0.385. The van der Waals surface area contributed by atoms with Gasteiger partial charge in [0.15, 0.2) is 0 Å². The first-order valence-corrected chi connectivity index (χ1v) is 11.1. The number of carboxylic acids is 2. The van der Waals surface area contributed by atoms with Gasteiger partial charge in [-0.25, -0.2) is 0 Å². The lowest BCUT2D eigenvalue weighted by molar-refractivity contribution is -0.227. The van der Waals surface area contributed by atoms with E-state index in [2.05, 4.69) is 0 Å². The van der Waals surface area contributed by atoms with Crippen molar-refractivity contribution in [2.24, 2.45) is 21.7 Å². The molecule has 0 unspecified atom stereocenters. The maximum absolute atomic E-state index is 13.6. The minimum absolute atomic E-state index is 0.0125. The summed E-state index contributed by atoms with van der Waals surface area (Å²) in [4.78, 5) is 52.3. The molecule has 4 fully saturated rings. The summed E-state index contributed by atoms with van der Waals surface area (Å²) in [6.07, 6.45) is -0.438. The number of benzene rings is 2. The lowest BCUT2D eigenvalue weighted by atomic mass is 9.35. The second kappa shape index (κ2) is 7.41. The molecule has 4 saturated carbocycles. The predicted molar refractivity (Wildman–Crippen MR) is 117 cm³/mol. The van der Waals surface area contributed by atoms with Crippen LogP contribution in [0.5, 0.6) is 11.5 Å². The van der Waals surface area contributed by atoms with E-state index in [-0.39, 0.29) is 50.0 Å². The monoisotopic (exact) mass is 464 g/mol. The Morgan fingerprint density at radius 1 is 0.529 bits per heavy atom. The zero-order valence-electron chi connectivity index (χ0n) is 18.4. The normalized spacial score (nSPS) is 33.2. The van der Waals surface area contributed by atoms with E-state index in [0.29, 0.717) is 0 Å². The first-order valence-electron chi connectivity index (χ1n) is 11.1. The third kappa shape index (κ3) is 3.28. The number of esters is 2. The molecule has 6 rings (SSSR count). The lowest BCUT2D eigenvalue weighted by Gasteiger charge is -2.65. The van der Waals surface area contributed by atoms with Gasteiger partial charge in [0.05, 0.1) is 21.7 Å². The van der Waals surface area contributed by atoms with Crippen LogP contribution in [0.1, 0.15) is 38.5 Å². The number of para-hydroxylation sites is 2. The van der Waals surface area contributed by atoms with Gasteiger partial charge in [0.1, 0.15) is 11.5 Å². The van der Waals surface area contributed by atoms with Gasteiger partial charge in [0.25, 0.3) is 0 Å². The smallest absolute Gasteiger partial charge is 0.317 e. The molecule has 176 valence electrons. The van der Waals surface area contributed by atoms with Crippen LogP contribution in [0.25, 0.3) is 0 Å². The Morgan fingerprint density at radius 2 is 0.824 bits per heavy atom. The number of carbonyl (C=O) groups excluding carboxylic acids is 2. The van der Waals surface area contributed by atoms with Crippen molar-refractivity contribution in [2.75, 3.05) is 0 Å². The van der Waals surface area contributed by atoms with Crippen molar-refractivity contribution in [2.45, 2.75) is 38.5 Å². The fourth-order valence-corrected chi connectivity index (χ4v) is 6.93. The molecule has 0 amide bonds. The Hall–Kier alpha value is -3.68. The molecule has 0 aliphatic heterocycles. The van der Waals surface area contributed by atoms with Crippen molar-refractivity contribution in [1.82, 2.24) is 0 Å². The van der Waals surface area contributed by atoms with Crippen molar-refractivity contribution in [3.05, 3.63) is 60.7 Å². The Labute approximate surface area is 195 Å². The zero-order chi connectivity index (χ0) is 24.2. The highest BCUT2D eigenvalue weighted by atomic mass is 16.5. The molecule has 4 aliphatic carbocycles. The highest BCUT2D eigenvalue weighted by Gasteiger charge is 2.77. The van der Waals surface area contributed by atoms with Crippen molar-refractivity contribution in [3.63, 3.8) is 0 Å². The summed E-state index contributed by atoms with van der Waals surface area (Å²) < 4.78 is 11.2. The summed E-state index contributed by atoms with van der Waals surface area (Å²) in [7, 11) is 0.